The highest BCUT2D eigenvalue weighted by Crippen LogP contribution is 2.32. The predicted octanol–water partition coefficient (Wildman–Crippen LogP) is 4.31. The molecule has 2 aliphatic carbocycles. The molecule has 0 unspecified atom stereocenters. The molecule has 13 heteroatoms. The van der Waals surface area contributed by atoms with Gasteiger partial charge in [-0.25, -0.2) is 18.4 Å². The van der Waals surface area contributed by atoms with Gasteiger partial charge in [-0.1, -0.05) is 18.1 Å². The molecule has 7 rings (SSSR count). The minimum Gasteiger partial charge on any atom is -0.393 e. The lowest BCUT2D eigenvalue weighted by atomic mass is 9.93. The maximum absolute atomic E-state index is 13.2. The number of rotatable bonds is 9. The topological polar surface area (TPSA) is 159 Å². The van der Waals surface area contributed by atoms with E-state index >= 15 is 0 Å². The molecule has 3 fully saturated rings. The maximum atomic E-state index is 13.2. The highest BCUT2D eigenvalue weighted by Gasteiger charge is 2.27. The van der Waals surface area contributed by atoms with Crippen LogP contribution in [0.4, 0.5) is 17.5 Å². The normalized spacial score (nSPS) is 19.5. The molecule has 0 bridgehead atoms. The van der Waals surface area contributed by atoms with Crippen molar-refractivity contribution in [1.82, 2.24) is 24.6 Å². The molecule has 0 spiro atoms. The molecule has 1 saturated heterocycles. The number of benzene rings is 2. The third-order valence-corrected chi connectivity index (χ3v) is 10.9. The number of pyridine rings is 1. The first-order valence-corrected chi connectivity index (χ1v) is 18.4. The van der Waals surface area contributed by atoms with Gasteiger partial charge in [-0.3, -0.25) is 4.79 Å². The Morgan fingerprint density at radius 2 is 1.60 bits per heavy atom. The van der Waals surface area contributed by atoms with E-state index in [4.69, 9.17) is 9.72 Å². The fourth-order valence-corrected chi connectivity index (χ4v) is 7.37. The Bertz CT molecular complexity index is 1990. The smallest absolute Gasteiger partial charge is 0.251 e. The maximum Gasteiger partial charge on any atom is 0.251 e. The fraction of sp³-hybridized carbons (Fsp3) is 0.351. The highest BCUT2D eigenvalue weighted by molar-refractivity contribution is 7.89. The molecule has 0 radical (unpaired) electrons. The standard InChI is InChI=1S/C37H39N7O5S/c45-32-13-11-28(12-14-32)40-35-34(26-4-15-33(16-5-26)50(47,48)44-19-21-49-22-20-44)24-39-37(43-35)42-30-6-1-25(2-7-30)3-8-31-23-27(17-18-38-31)36(46)41-29-9-10-29/h1-2,4-7,15-18,23-24,28-29,32,45H,9-14,19-22H2,(H,41,46)(H2,39,40,42,43). The molecule has 12 nitrogen and oxygen atoms in total. The summed E-state index contributed by atoms with van der Waals surface area (Å²) in [5, 5.41) is 19.9. The second-order valence-corrected chi connectivity index (χ2v) is 14.7. The van der Waals surface area contributed by atoms with Gasteiger partial charge in [0.1, 0.15) is 11.5 Å². The number of anilines is 3. The summed E-state index contributed by atoms with van der Waals surface area (Å²) in [6.07, 6.45) is 8.12. The summed E-state index contributed by atoms with van der Waals surface area (Å²) < 4.78 is 33.1. The number of ether oxygens (including phenoxy) is 1. The van der Waals surface area contributed by atoms with Crippen LogP contribution in [0.2, 0.25) is 0 Å². The summed E-state index contributed by atoms with van der Waals surface area (Å²) in [7, 11) is -3.62. The Kier molecular flexibility index (Phi) is 10.0. The molecule has 2 aromatic heterocycles. The zero-order chi connectivity index (χ0) is 34.5. The van der Waals surface area contributed by atoms with E-state index in [0.717, 1.165) is 48.1 Å². The number of sulfonamides is 1. The Labute approximate surface area is 291 Å². The van der Waals surface area contributed by atoms with Crippen LogP contribution >= 0.6 is 0 Å². The summed E-state index contributed by atoms with van der Waals surface area (Å²) in [5.41, 5.74) is 4.13. The summed E-state index contributed by atoms with van der Waals surface area (Å²) in [5.74, 6) is 7.06. The minimum atomic E-state index is -3.62. The zero-order valence-corrected chi connectivity index (χ0v) is 28.3. The Morgan fingerprint density at radius 3 is 2.32 bits per heavy atom. The van der Waals surface area contributed by atoms with Gasteiger partial charge in [0, 0.05) is 59.9 Å². The molecule has 3 heterocycles. The van der Waals surface area contributed by atoms with Crippen molar-refractivity contribution in [1.29, 1.82) is 0 Å². The number of nitrogens with zero attached hydrogens (tertiary/aromatic N) is 4. The molecule has 258 valence electrons. The average Bonchev–Trinajstić information content (AvgIpc) is 3.97. The Hall–Kier alpha value is -4.87. The summed E-state index contributed by atoms with van der Waals surface area (Å²) in [6, 6.07) is 18.1. The molecule has 50 heavy (non-hydrogen) atoms. The molecule has 4 N–H and O–H groups in total. The Morgan fingerprint density at radius 1 is 0.880 bits per heavy atom. The van der Waals surface area contributed by atoms with E-state index in [1.807, 2.05) is 24.3 Å². The van der Waals surface area contributed by atoms with Gasteiger partial charge in [0.05, 0.1) is 24.2 Å². The van der Waals surface area contributed by atoms with Crippen LogP contribution in [0.15, 0.2) is 78.0 Å². The van der Waals surface area contributed by atoms with Crippen molar-refractivity contribution in [2.75, 3.05) is 36.9 Å². The van der Waals surface area contributed by atoms with Crippen LogP contribution in [0.5, 0.6) is 0 Å². The second-order valence-electron chi connectivity index (χ2n) is 12.8. The van der Waals surface area contributed by atoms with E-state index in [9.17, 15) is 18.3 Å². The van der Waals surface area contributed by atoms with Crippen molar-refractivity contribution in [3.05, 3.63) is 89.9 Å². The van der Waals surface area contributed by atoms with E-state index < -0.39 is 10.0 Å². The number of hydrogen-bond donors (Lipinski definition) is 4. The fourth-order valence-electron chi connectivity index (χ4n) is 5.96. The van der Waals surface area contributed by atoms with Crippen LogP contribution in [-0.2, 0) is 14.8 Å². The lowest BCUT2D eigenvalue weighted by molar-refractivity contribution is 0.0730. The molecular formula is C37H39N7O5S. The number of amides is 1. The first-order chi connectivity index (χ1) is 24.3. The van der Waals surface area contributed by atoms with Gasteiger partial charge in [-0.05, 0) is 98.5 Å². The average molecular weight is 694 g/mol. The predicted molar refractivity (Wildman–Crippen MR) is 189 cm³/mol. The molecule has 0 atom stereocenters. The number of hydrogen-bond acceptors (Lipinski definition) is 10. The van der Waals surface area contributed by atoms with Crippen LogP contribution in [0.3, 0.4) is 0 Å². The van der Waals surface area contributed by atoms with Crippen molar-refractivity contribution in [3.8, 4) is 23.0 Å². The van der Waals surface area contributed by atoms with E-state index in [-0.39, 0.29) is 29.0 Å². The number of carbonyl (C=O) groups excluding carboxylic acids is 1. The van der Waals surface area contributed by atoms with Gasteiger partial charge in [-0.2, -0.15) is 9.29 Å². The van der Waals surface area contributed by atoms with Crippen LogP contribution in [-0.4, -0.2) is 83.2 Å². The molecule has 1 amide bonds. The van der Waals surface area contributed by atoms with Crippen molar-refractivity contribution < 1.29 is 23.1 Å². The van der Waals surface area contributed by atoms with Gasteiger partial charge in [0.2, 0.25) is 16.0 Å². The number of aromatic nitrogens is 3. The number of aliphatic hydroxyl groups is 1. The van der Waals surface area contributed by atoms with Gasteiger partial charge in [0.25, 0.3) is 5.91 Å². The lowest BCUT2D eigenvalue weighted by Gasteiger charge is -2.27. The van der Waals surface area contributed by atoms with Crippen molar-refractivity contribution in [3.63, 3.8) is 0 Å². The molecule has 2 aromatic carbocycles. The third kappa shape index (κ3) is 8.28. The highest BCUT2D eigenvalue weighted by atomic mass is 32.2. The van der Waals surface area contributed by atoms with E-state index in [1.54, 1.807) is 48.8 Å². The number of carbonyl (C=O) groups is 1. The Balaban J connectivity index is 1.07. The lowest BCUT2D eigenvalue weighted by Crippen LogP contribution is -2.40. The number of nitrogens with one attached hydrogen (secondary N) is 3. The van der Waals surface area contributed by atoms with Gasteiger partial charge >= 0.3 is 0 Å². The molecular weight excluding hydrogens is 655 g/mol. The van der Waals surface area contributed by atoms with Gasteiger partial charge in [0.15, 0.2) is 0 Å². The van der Waals surface area contributed by atoms with Crippen molar-refractivity contribution >= 4 is 33.4 Å². The van der Waals surface area contributed by atoms with Crippen molar-refractivity contribution in [2.24, 2.45) is 0 Å². The number of morpholine rings is 1. The van der Waals surface area contributed by atoms with Crippen LogP contribution in [0.1, 0.15) is 60.1 Å². The summed E-state index contributed by atoms with van der Waals surface area (Å²) in [6.45, 7) is 1.44. The van der Waals surface area contributed by atoms with E-state index in [2.05, 4.69) is 37.8 Å². The van der Waals surface area contributed by atoms with Gasteiger partial charge < -0.3 is 25.8 Å². The van der Waals surface area contributed by atoms with E-state index in [1.165, 1.54) is 4.31 Å². The molecule has 2 saturated carbocycles. The molecule has 1 aliphatic heterocycles. The second kappa shape index (κ2) is 14.9. The third-order valence-electron chi connectivity index (χ3n) is 9.01. The SMILES string of the molecule is O=C(NC1CC1)c1ccnc(C#Cc2ccc(Nc3ncc(-c4ccc(S(=O)(=O)N5CCOCC5)cc4)c(NC4CCC(O)CC4)n3)cc2)c1. The monoisotopic (exact) mass is 693 g/mol. The minimum absolute atomic E-state index is 0.104. The summed E-state index contributed by atoms with van der Waals surface area (Å²) >= 11 is 0. The zero-order valence-electron chi connectivity index (χ0n) is 27.5. The number of aliphatic hydroxyl groups excluding tert-OH is 1. The largest absolute Gasteiger partial charge is 0.393 e. The summed E-state index contributed by atoms with van der Waals surface area (Å²) in [4.78, 5) is 26.3. The quantitative estimate of drug-likeness (QED) is 0.186. The van der Waals surface area contributed by atoms with Crippen LogP contribution in [0.25, 0.3) is 11.1 Å². The first-order valence-electron chi connectivity index (χ1n) is 17.0. The molecule has 3 aliphatic rings. The van der Waals surface area contributed by atoms with Gasteiger partial charge in [-0.15, -0.1) is 0 Å². The van der Waals surface area contributed by atoms with Crippen LogP contribution in [0, 0.1) is 11.8 Å². The first kappa shape index (κ1) is 33.6. The van der Waals surface area contributed by atoms with E-state index in [0.29, 0.717) is 62.2 Å². The van der Waals surface area contributed by atoms with Crippen molar-refractivity contribution in [2.45, 2.75) is 61.6 Å². The molecule has 4 aromatic rings. The van der Waals surface area contributed by atoms with Crippen LogP contribution < -0.4 is 16.0 Å².